The number of benzene rings is 1. The van der Waals surface area contributed by atoms with Crippen molar-refractivity contribution in [2.75, 3.05) is 6.61 Å². The van der Waals surface area contributed by atoms with Crippen molar-refractivity contribution < 1.29 is 13.9 Å². The fourth-order valence-corrected chi connectivity index (χ4v) is 0.804. The molecule has 4 nitrogen and oxygen atoms in total. The van der Waals surface area contributed by atoms with E-state index in [9.17, 15) is 9.18 Å². The van der Waals surface area contributed by atoms with Gasteiger partial charge >= 0.3 is 0 Å². The van der Waals surface area contributed by atoms with Crippen LogP contribution in [-0.4, -0.2) is 12.5 Å². The molecule has 0 unspecified atom stereocenters. The van der Waals surface area contributed by atoms with Crippen molar-refractivity contribution >= 4 is 5.91 Å². The van der Waals surface area contributed by atoms with Crippen LogP contribution in [0.25, 0.3) is 0 Å². The Kier molecular flexibility index (Phi) is 3.44. The van der Waals surface area contributed by atoms with E-state index < -0.39 is 11.7 Å². The van der Waals surface area contributed by atoms with E-state index in [0.717, 1.165) is 0 Å². The molecular weight excluding hydrogens is 187 g/mol. The summed E-state index contributed by atoms with van der Waals surface area (Å²) < 4.78 is 17.7. The summed E-state index contributed by atoms with van der Waals surface area (Å²) in [5.41, 5.74) is 0. The van der Waals surface area contributed by atoms with E-state index in [0.29, 0.717) is 0 Å². The molecule has 0 bridgehead atoms. The van der Waals surface area contributed by atoms with Crippen LogP contribution < -0.4 is 10.1 Å². The molecule has 72 valence electrons. The second kappa shape index (κ2) is 4.82. The molecule has 0 fully saturated rings. The minimum Gasteiger partial charge on any atom is -0.481 e. The maximum Gasteiger partial charge on any atom is 0.270 e. The first-order chi connectivity index (χ1) is 6.74. The third-order valence-corrected chi connectivity index (χ3v) is 1.39. The summed E-state index contributed by atoms with van der Waals surface area (Å²) in [7, 11) is 0. The first-order valence-electron chi connectivity index (χ1n) is 3.79. The largest absolute Gasteiger partial charge is 0.481 e. The standard InChI is InChI=1S/C9H7FN2O2/c10-7-3-1-2-4-8(7)14-5-9(13)12-6-11/h1-4H,5H2,(H,12,13). The summed E-state index contributed by atoms with van der Waals surface area (Å²) >= 11 is 0. The topological polar surface area (TPSA) is 62.1 Å². The Morgan fingerprint density at radius 3 is 2.93 bits per heavy atom. The van der Waals surface area contributed by atoms with Crippen LogP contribution in [0.1, 0.15) is 0 Å². The van der Waals surface area contributed by atoms with Gasteiger partial charge in [-0.2, -0.15) is 5.26 Å². The van der Waals surface area contributed by atoms with Gasteiger partial charge in [0.2, 0.25) is 0 Å². The molecular formula is C9H7FN2O2. The lowest BCUT2D eigenvalue weighted by Crippen LogP contribution is -2.24. The number of ether oxygens (including phenoxy) is 1. The molecule has 1 aromatic rings. The van der Waals surface area contributed by atoms with Gasteiger partial charge in [0.25, 0.3) is 5.91 Å². The highest BCUT2D eigenvalue weighted by molar-refractivity contribution is 5.78. The highest BCUT2D eigenvalue weighted by Crippen LogP contribution is 2.14. The van der Waals surface area contributed by atoms with E-state index in [2.05, 4.69) is 0 Å². The van der Waals surface area contributed by atoms with E-state index in [-0.39, 0.29) is 12.4 Å². The van der Waals surface area contributed by atoms with E-state index in [1.807, 2.05) is 5.32 Å². The van der Waals surface area contributed by atoms with Gasteiger partial charge in [0.05, 0.1) is 0 Å². The molecule has 0 heterocycles. The number of hydrogen-bond donors (Lipinski definition) is 1. The fraction of sp³-hybridized carbons (Fsp3) is 0.111. The van der Waals surface area contributed by atoms with Gasteiger partial charge in [-0.15, -0.1) is 0 Å². The maximum atomic E-state index is 12.9. The Morgan fingerprint density at radius 2 is 2.29 bits per heavy atom. The van der Waals surface area contributed by atoms with Gasteiger partial charge in [-0.3, -0.25) is 10.1 Å². The van der Waals surface area contributed by atoms with Gasteiger partial charge in [0, 0.05) is 0 Å². The van der Waals surface area contributed by atoms with Crippen LogP contribution in [0.4, 0.5) is 4.39 Å². The number of halogens is 1. The number of para-hydroxylation sites is 1. The molecule has 0 atom stereocenters. The molecule has 1 amide bonds. The van der Waals surface area contributed by atoms with Crippen LogP contribution in [-0.2, 0) is 4.79 Å². The third kappa shape index (κ3) is 2.75. The van der Waals surface area contributed by atoms with Crippen LogP contribution >= 0.6 is 0 Å². The van der Waals surface area contributed by atoms with Gasteiger partial charge in [-0.25, -0.2) is 4.39 Å². The zero-order valence-corrected chi connectivity index (χ0v) is 7.16. The van der Waals surface area contributed by atoms with Crippen LogP contribution in [0.5, 0.6) is 5.75 Å². The quantitative estimate of drug-likeness (QED) is 0.571. The van der Waals surface area contributed by atoms with Gasteiger partial charge < -0.3 is 4.74 Å². The van der Waals surface area contributed by atoms with Crippen molar-refractivity contribution in [3.8, 4) is 11.9 Å². The Morgan fingerprint density at radius 1 is 1.57 bits per heavy atom. The van der Waals surface area contributed by atoms with Crippen LogP contribution in [0.2, 0.25) is 0 Å². The molecule has 0 saturated heterocycles. The minimum atomic E-state index is -0.615. The predicted molar refractivity (Wildman–Crippen MR) is 45.7 cm³/mol. The lowest BCUT2D eigenvalue weighted by Gasteiger charge is -2.04. The monoisotopic (exact) mass is 194 g/mol. The first kappa shape index (κ1) is 9.99. The zero-order chi connectivity index (χ0) is 10.4. The smallest absolute Gasteiger partial charge is 0.270 e. The van der Waals surface area contributed by atoms with E-state index in [4.69, 9.17) is 10.00 Å². The molecule has 0 aromatic heterocycles. The second-order valence-corrected chi connectivity index (χ2v) is 2.38. The summed E-state index contributed by atoms with van der Waals surface area (Å²) in [6.45, 7) is -0.380. The third-order valence-electron chi connectivity index (χ3n) is 1.39. The van der Waals surface area contributed by atoms with Crippen molar-refractivity contribution in [3.63, 3.8) is 0 Å². The van der Waals surface area contributed by atoms with Gasteiger partial charge in [-0.05, 0) is 12.1 Å². The molecule has 0 radical (unpaired) electrons. The van der Waals surface area contributed by atoms with Crippen LogP contribution in [0.15, 0.2) is 24.3 Å². The van der Waals surface area contributed by atoms with E-state index in [1.165, 1.54) is 24.4 Å². The van der Waals surface area contributed by atoms with Crippen LogP contribution in [0, 0.1) is 17.3 Å². The summed E-state index contributed by atoms with van der Waals surface area (Å²) in [6.07, 6.45) is 1.45. The predicted octanol–water partition coefficient (Wildman–Crippen LogP) is 0.802. The second-order valence-electron chi connectivity index (χ2n) is 2.38. The number of nitrogens with zero attached hydrogens (tertiary/aromatic N) is 1. The number of carbonyl (C=O) groups excluding carboxylic acids is 1. The summed E-state index contributed by atoms with van der Waals surface area (Å²) in [5.74, 6) is -1.17. The first-order valence-corrected chi connectivity index (χ1v) is 3.79. The maximum absolute atomic E-state index is 12.9. The number of hydrogen-bond acceptors (Lipinski definition) is 3. The van der Waals surface area contributed by atoms with E-state index in [1.54, 1.807) is 6.07 Å². The van der Waals surface area contributed by atoms with Crippen molar-refractivity contribution in [2.45, 2.75) is 0 Å². The lowest BCUT2D eigenvalue weighted by molar-refractivity contribution is -0.121. The normalized spacial score (nSPS) is 8.86. The number of nitriles is 1. The molecule has 0 saturated carbocycles. The molecule has 0 aliphatic rings. The molecule has 5 heteroatoms. The molecule has 14 heavy (non-hydrogen) atoms. The van der Waals surface area contributed by atoms with Crippen molar-refractivity contribution in [3.05, 3.63) is 30.1 Å². The van der Waals surface area contributed by atoms with Gasteiger partial charge in [-0.1, -0.05) is 12.1 Å². The Bertz CT molecular complexity index is 373. The van der Waals surface area contributed by atoms with Crippen molar-refractivity contribution in [1.29, 1.82) is 5.26 Å². The van der Waals surface area contributed by atoms with Gasteiger partial charge in [0.1, 0.15) is 0 Å². The zero-order valence-electron chi connectivity index (χ0n) is 7.16. The SMILES string of the molecule is N#CNC(=O)COc1ccccc1F. The highest BCUT2D eigenvalue weighted by atomic mass is 19.1. The lowest BCUT2D eigenvalue weighted by atomic mass is 10.3. The van der Waals surface area contributed by atoms with Crippen molar-refractivity contribution in [1.82, 2.24) is 5.32 Å². The van der Waals surface area contributed by atoms with Crippen LogP contribution in [0.3, 0.4) is 0 Å². The fourth-order valence-electron chi connectivity index (χ4n) is 0.804. The number of carbonyl (C=O) groups is 1. The molecule has 1 rings (SSSR count). The summed E-state index contributed by atoms with van der Waals surface area (Å²) in [5, 5.41) is 9.93. The number of amides is 1. The summed E-state index contributed by atoms with van der Waals surface area (Å²) in [6, 6.07) is 5.71. The number of rotatable bonds is 3. The molecule has 1 aromatic carbocycles. The highest BCUT2D eigenvalue weighted by Gasteiger charge is 2.04. The Labute approximate surface area is 79.9 Å². The van der Waals surface area contributed by atoms with E-state index >= 15 is 0 Å². The Balaban J connectivity index is 2.51. The Hall–Kier alpha value is -2.09. The van der Waals surface area contributed by atoms with Gasteiger partial charge in [0.15, 0.2) is 24.4 Å². The average molecular weight is 194 g/mol. The molecule has 1 N–H and O–H groups in total. The van der Waals surface area contributed by atoms with Crippen molar-refractivity contribution in [2.24, 2.45) is 0 Å². The minimum absolute atomic E-state index is 0.0133. The molecule has 0 aliphatic carbocycles. The average Bonchev–Trinajstić information content (AvgIpc) is 2.17. The summed E-state index contributed by atoms with van der Waals surface area (Å²) in [4.78, 5) is 10.7. The molecule has 0 aliphatic heterocycles. The number of nitrogens with one attached hydrogen (secondary N) is 1. The molecule has 0 spiro atoms.